The predicted octanol–water partition coefficient (Wildman–Crippen LogP) is 0.998. The molecule has 2 unspecified atom stereocenters. The largest absolute Gasteiger partial charge is 0.481 e. The minimum atomic E-state index is -0.787. The van der Waals surface area contributed by atoms with Gasteiger partial charge in [0.15, 0.2) is 0 Å². The summed E-state index contributed by atoms with van der Waals surface area (Å²) in [5.74, 6) is -1.28. The third-order valence-corrected chi connectivity index (χ3v) is 3.87. The van der Waals surface area contributed by atoms with Crippen LogP contribution in [-0.4, -0.2) is 27.6 Å². The van der Waals surface area contributed by atoms with Gasteiger partial charge in [-0.1, -0.05) is 12.5 Å². The van der Waals surface area contributed by atoms with Crippen molar-refractivity contribution in [3.8, 4) is 0 Å². The van der Waals surface area contributed by atoms with Crippen molar-refractivity contribution in [1.82, 2.24) is 9.88 Å². The van der Waals surface area contributed by atoms with Gasteiger partial charge >= 0.3 is 5.97 Å². The maximum Gasteiger partial charge on any atom is 0.306 e. The first-order valence-electron chi connectivity index (χ1n) is 7.24. The van der Waals surface area contributed by atoms with Crippen LogP contribution in [0.1, 0.15) is 32.1 Å². The number of nitrogens with one attached hydrogen (secondary N) is 1. The number of pyridine rings is 1. The van der Waals surface area contributed by atoms with E-state index in [1.807, 2.05) is 0 Å². The highest BCUT2D eigenvalue weighted by atomic mass is 16.4. The SMILES string of the molecule is O=C(CCn1ccccc1=O)NC1CCCC(C(=O)O)C1. The van der Waals surface area contributed by atoms with Gasteiger partial charge in [-0.2, -0.15) is 0 Å². The van der Waals surface area contributed by atoms with Gasteiger partial charge in [-0.3, -0.25) is 14.4 Å². The van der Waals surface area contributed by atoms with Crippen LogP contribution in [0.2, 0.25) is 0 Å². The van der Waals surface area contributed by atoms with Crippen LogP contribution in [-0.2, 0) is 16.1 Å². The molecule has 0 spiro atoms. The minimum Gasteiger partial charge on any atom is -0.481 e. The average Bonchev–Trinajstić information content (AvgIpc) is 2.46. The maximum atomic E-state index is 11.9. The van der Waals surface area contributed by atoms with E-state index in [2.05, 4.69) is 5.32 Å². The second-order valence-electron chi connectivity index (χ2n) is 5.45. The molecule has 2 rings (SSSR count). The summed E-state index contributed by atoms with van der Waals surface area (Å²) in [4.78, 5) is 34.4. The molecule has 1 aromatic rings. The number of aliphatic carboxylic acids is 1. The number of carbonyl (C=O) groups excluding carboxylic acids is 1. The third-order valence-electron chi connectivity index (χ3n) is 3.87. The number of aromatic nitrogens is 1. The number of aryl methyl sites for hydroxylation is 1. The van der Waals surface area contributed by atoms with Gasteiger partial charge in [0.05, 0.1) is 5.92 Å². The molecule has 1 aliphatic rings. The molecule has 1 saturated carbocycles. The van der Waals surface area contributed by atoms with E-state index in [-0.39, 0.29) is 29.8 Å². The first-order chi connectivity index (χ1) is 10.1. The predicted molar refractivity (Wildman–Crippen MR) is 76.8 cm³/mol. The molecular weight excluding hydrogens is 272 g/mol. The number of amides is 1. The Bertz CT molecular complexity index is 567. The Morgan fingerprint density at radius 2 is 2.14 bits per heavy atom. The van der Waals surface area contributed by atoms with Gasteiger partial charge < -0.3 is 15.0 Å². The standard InChI is InChI=1S/C15H20N2O4/c18-13(7-9-17-8-2-1-6-14(17)19)16-12-5-3-4-11(10-12)15(20)21/h1-2,6,8,11-12H,3-5,7,9-10H2,(H,16,18)(H,20,21). The van der Waals surface area contributed by atoms with Gasteiger partial charge in [-0.25, -0.2) is 0 Å². The van der Waals surface area contributed by atoms with Crippen molar-refractivity contribution in [3.63, 3.8) is 0 Å². The van der Waals surface area contributed by atoms with Crippen molar-refractivity contribution >= 4 is 11.9 Å². The van der Waals surface area contributed by atoms with Crippen molar-refractivity contribution in [2.75, 3.05) is 0 Å². The molecule has 6 heteroatoms. The second-order valence-corrected chi connectivity index (χ2v) is 5.45. The minimum absolute atomic E-state index is 0.0696. The molecule has 2 atom stereocenters. The second kappa shape index (κ2) is 7.06. The smallest absolute Gasteiger partial charge is 0.306 e. The van der Waals surface area contributed by atoms with E-state index >= 15 is 0 Å². The monoisotopic (exact) mass is 292 g/mol. The summed E-state index contributed by atoms with van der Waals surface area (Å²) in [5.41, 5.74) is -0.131. The molecule has 0 saturated heterocycles. The first-order valence-corrected chi connectivity index (χ1v) is 7.24. The summed E-state index contributed by atoms with van der Waals surface area (Å²) >= 11 is 0. The van der Waals surface area contributed by atoms with Gasteiger partial charge in [0.2, 0.25) is 5.91 Å². The fraction of sp³-hybridized carbons (Fsp3) is 0.533. The average molecular weight is 292 g/mol. The van der Waals surface area contributed by atoms with Crippen LogP contribution in [0.4, 0.5) is 0 Å². The fourth-order valence-corrected chi connectivity index (χ4v) is 2.71. The highest BCUT2D eigenvalue weighted by Gasteiger charge is 2.27. The normalized spacial score (nSPS) is 21.7. The van der Waals surface area contributed by atoms with E-state index in [9.17, 15) is 14.4 Å². The molecule has 1 aromatic heterocycles. The number of nitrogens with zero attached hydrogens (tertiary/aromatic N) is 1. The lowest BCUT2D eigenvalue weighted by molar-refractivity contribution is -0.143. The highest BCUT2D eigenvalue weighted by molar-refractivity contribution is 5.76. The van der Waals surface area contributed by atoms with Crippen LogP contribution in [0, 0.1) is 5.92 Å². The Hall–Kier alpha value is -2.11. The fourth-order valence-electron chi connectivity index (χ4n) is 2.71. The van der Waals surface area contributed by atoms with E-state index < -0.39 is 5.97 Å². The number of carbonyl (C=O) groups is 2. The van der Waals surface area contributed by atoms with Crippen molar-refractivity contribution in [3.05, 3.63) is 34.7 Å². The molecule has 0 aliphatic heterocycles. The number of hydrogen-bond acceptors (Lipinski definition) is 3. The first kappa shape index (κ1) is 15.3. The van der Waals surface area contributed by atoms with Gasteiger partial charge in [0.1, 0.15) is 0 Å². The molecule has 0 radical (unpaired) electrons. The lowest BCUT2D eigenvalue weighted by Crippen LogP contribution is -2.40. The Morgan fingerprint density at radius 1 is 1.33 bits per heavy atom. The summed E-state index contributed by atoms with van der Waals surface area (Å²) in [6.07, 6.45) is 4.68. The molecule has 114 valence electrons. The molecule has 1 heterocycles. The molecule has 6 nitrogen and oxygen atoms in total. The zero-order valence-electron chi connectivity index (χ0n) is 11.8. The lowest BCUT2D eigenvalue weighted by atomic mass is 9.86. The number of carboxylic acids is 1. The summed E-state index contributed by atoms with van der Waals surface area (Å²) in [5, 5.41) is 11.9. The molecule has 1 aliphatic carbocycles. The molecule has 1 amide bonds. The highest BCUT2D eigenvalue weighted by Crippen LogP contribution is 2.24. The Morgan fingerprint density at radius 3 is 2.86 bits per heavy atom. The Labute approximate surface area is 122 Å². The van der Waals surface area contributed by atoms with Crippen LogP contribution in [0.25, 0.3) is 0 Å². The van der Waals surface area contributed by atoms with Crippen molar-refractivity contribution in [2.24, 2.45) is 5.92 Å². The Kier molecular flexibility index (Phi) is 5.14. The molecule has 0 aromatic carbocycles. The Balaban J connectivity index is 1.81. The summed E-state index contributed by atoms with van der Waals surface area (Å²) in [6.45, 7) is 0.334. The molecular formula is C15H20N2O4. The molecule has 1 fully saturated rings. The zero-order valence-corrected chi connectivity index (χ0v) is 11.8. The van der Waals surface area contributed by atoms with Crippen molar-refractivity contribution in [1.29, 1.82) is 0 Å². The van der Waals surface area contributed by atoms with Crippen LogP contribution >= 0.6 is 0 Å². The van der Waals surface area contributed by atoms with E-state index in [0.29, 0.717) is 19.4 Å². The quantitative estimate of drug-likeness (QED) is 0.847. The van der Waals surface area contributed by atoms with Gasteiger partial charge in [0.25, 0.3) is 5.56 Å². The van der Waals surface area contributed by atoms with E-state index in [1.54, 1.807) is 18.3 Å². The number of carboxylic acid groups (broad SMARTS) is 1. The van der Waals surface area contributed by atoms with Crippen molar-refractivity contribution < 1.29 is 14.7 Å². The van der Waals surface area contributed by atoms with Crippen LogP contribution in [0.15, 0.2) is 29.2 Å². The lowest BCUT2D eigenvalue weighted by Gasteiger charge is -2.27. The molecule has 21 heavy (non-hydrogen) atoms. The topological polar surface area (TPSA) is 88.4 Å². The number of hydrogen-bond donors (Lipinski definition) is 2. The summed E-state index contributed by atoms with van der Waals surface area (Å²) < 4.78 is 1.49. The third kappa shape index (κ3) is 4.44. The van der Waals surface area contributed by atoms with Gasteiger partial charge in [0, 0.05) is 31.3 Å². The summed E-state index contributed by atoms with van der Waals surface area (Å²) in [7, 11) is 0. The number of rotatable bonds is 5. The molecule has 0 bridgehead atoms. The molecule has 2 N–H and O–H groups in total. The van der Waals surface area contributed by atoms with Crippen LogP contribution in [0.3, 0.4) is 0 Å². The van der Waals surface area contributed by atoms with Crippen LogP contribution in [0.5, 0.6) is 0 Å². The van der Waals surface area contributed by atoms with E-state index in [0.717, 1.165) is 12.8 Å². The maximum absolute atomic E-state index is 11.9. The van der Waals surface area contributed by atoms with E-state index in [4.69, 9.17) is 5.11 Å². The van der Waals surface area contributed by atoms with Crippen LogP contribution < -0.4 is 10.9 Å². The van der Waals surface area contributed by atoms with Gasteiger partial charge in [-0.15, -0.1) is 0 Å². The van der Waals surface area contributed by atoms with Gasteiger partial charge in [-0.05, 0) is 25.3 Å². The van der Waals surface area contributed by atoms with Crippen molar-refractivity contribution in [2.45, 2.75) is 44.7 Å². The summed E-state index contributed by atoms with van der Waals surface area (Å²) in [6, 6.07) is 4.79. The van der Waals surface area contributed by atoms with E-state index in [1.165, 1.54) is 10.6 Å². The zero-order chi connectivity index (χ0) is 15.2.